The van der Waals surface area contributed by atoms with Crippen LogP contribution in [0.2, 0.25) is 0 Å². The van der Waals surface area contributed by atoms with Crippen LogP contribution in [0.15, 0.2) is 77.7 Å². The highest BCUT2D eigenvalue weighted by molar-refractivity contribution is 7.89. The predicted octanol–water partition coefficient (Wildman–Crippen LogP) is 4.36. The van der Waals surface area contributed by atoms with Crippen LogP contribution in [0.3, 0.4) is 0 Å². The number of benzene rings is 3. The van der Waals surface area contributed by atoms with Crippen molar-refractivity contribution in [3.63, 3.8) is 0 Å². The van der Waals surface area contributed by atoms with Crippen molar-refractivity contribution < 1.29 is 8.42 Å². The van der Waals surface area contributed by atoms with E-state index in [0.717, 1.165) is 27.8 Å². The molecule has 1 N–H and O–H groups in total. The highest BCUT2D eigenvalue weighted by Crippen LogP contribution is 2.11. The maximum absolute atomic E-state index is 12.8. The molecule has 0 heterocycles. The number of hydrogen-bond donors (Lipinski definition) is 1. The molecule has 3 aromatic carbocycles. The minimum Gasteiger partial charge on any atom is -0.207 e. The minimum atomic E-state index is -3.76. The Morgan fingerprint density at radius 1 is 0.700 bits per heavy atom. The fourth-order valence-corrected chi connectivity index (χ4v) is 3.85. The molecule has 0 aliphatic carbocycles. The Labute approximate surface area is 179 Å². The first-order chi connectivity index (χ1) is 14.3. The van der Waals surface area contributed by atoms with Crippen LogP contribution in [0.1, 0.15) is 27.8 Å². The van der Waals surface area contributed by atoms with Crippen molar-refractivity contribution in [3.05, 3.63) is 101 Å². The Balaban J connectivity index is 1.94. The summed E-state index contributed by atoms with van der Waals surface area (Å²) < 4.78 is 28.3. The summed E-state index contributed by atoms with van der Waals surface area (Å²) in [6.07, 6.45) is 0. The topological polar surface area (TPSA) is 46.2 Å². The number of aryl methyl sites for hydroxylation is 3. The second kappa shape index (κ2) is 9.46. The fourth-order valence-electron chi connectivity index (χ4n) is 2.79. The second-order valence-corrected chi connectivity index (χ2v) is 8.86. The third kappa shape index (κ3) is 6.09. The summed E-state index contributed by atoms with van der Waals surface area (Å²) in [5.41, 5.74) is 4.79. The molecule has 3 nitrogen and oxygen atoms in total. The molecule has 0 radical (unpaired) electrons. The largest absolute Gasteiger partial charge is 0.242 e. The Morgan fingerprint density at radius 3 is 1.67 bits per heavy atom. The molecule has 3 rings (SSSR count). The summed E-state index contributed by atoms with van der Waals surface area (Å²) in [7, 11) is -3.76. The lowest BCUT2D eigenvalue weighted by Gasteiger charge is -2.09. The Bertz CT molecular complexity index is 1200. The SMILES string of the molecule is Cc1ccc(S(=O)(=O)NC(C#Cc2cccc(C)c2)C#Cc2cccc(C)c2)cc1. The van der Waals surface area contributed by atoms with E-state index in [0.29, 0.717) is 0 Å². The van der Waals surface area contributed by atoms with Crippen LogP contribution >= 0.6 is 0 Å². The number of rotatable bonds is 3. The summed E-state index contributed by atoms with van der Waals surface area (Å²) in [5, 5.41) is 0. The van der Waals surface area contributed by atoms with E-state index in [1.54, 1.807) is 24.3 Å². The van der Waals surface area contributed by atoms with Crippen LogP contribution in [0, 0.1) is 44.5 Å². The van der Waals surface area contributed by atoms with Gasteiger partial charge in [0, 0.05) is 11.1 Å². The fraction of sp³-hybridized carbons (Fsp3) is 0.154. The molecule has 0 aliphatic heterocycles. The van der Waals surface area contributed by atoms with Gasteiger partial charge in [0.15, 0.2) is 0 Å². The van der Waals surface area contributed by atoms with E-state index in [-0.39, 0.29) is 4.90 Å². The van der Waals surface area contributed by atoms with Gasteiger partial charge in [-0.15, -0.1) is 0 Å². The first kappa shape index (κ1) is 21.4. The standard InChI is InChI=1S/C26H23NO2S/c1-20-10-16-26(17-11-20)30(28,29)27-25(14-12-23-8-4-6-21(2)18-23)15-13-24-9-5-7-22(3)19-24/h4-11,16-19,25,27H,1-3H3. The van der Waals surface area contributed by atoms with Crippen LogP contribution in [0.5, 0.6) is 0 Å². The molecule has 0 fully saturated rings. The molecular formula is C26H23NO2S. The van der Waals surface area contributed by atoms with Gasteiger partial charge in [-0.2, -0.15) is 4.72 Å². The molecule has 150 valence electrons. The summed E-state index contributed by atoms with van der Waals surface area (Å²) in [6, 6.07) is 21.3. The molecule has 0 aromatic heterocycles. The lowest BCUT2D eigenvalue weighted by molar-refractivity contribution is 0.582. The molecule has 0 amide bonds. The zero-order valence-electron chi connectivity index (χ0n) is 17.2. The van der Waals surface area contributed by atoms with Gasteiger partial charge in [-0.1, -0.05) is 65.6 Å². The van der Waals surface area contributed by atoms with Gasteiger partial charge in [0.05, 0.1) is 4.90 Å². The van der Waals surface area contributed by atoms with E-state index < -0.39 is 16.1 Å². The van der Waals surface area contributed by atoms with Crippen molar-refractivity contribution in [2.75, 3.05) is 0 Å². The molecule has 3 aromatic rings. The first-order valence-electron chi connectivity index (χ1n) is 9.57. The average Bonchev–Trinajstić information content (AvgIpc) is 2.70. The van der Waals surface area contributed by atoms with Gasteiger partial charge in [-0.25, -0.2) is 8.42 Å². The van der Waals surface area contributed by atoms with Gasteiger partial charge >= 0.3 is 0 Å². The highest BCUT2D eigenvalue weighted by Gasteiger charge is 2.17. The normalized spacial score (nSPS) is 10.7. The van der Waals surface area contributed by atoms with Crippen molar-refractivity contribution in [2.45, 2.75) is 31.7 Å². The van der Waals surface area contributed by atoms with Crippen molar-refractivity contribution in [1.29, 1.82) is 0 Å². The Morgan fingerprint density at radius 2 is 1.20 bits per heavy atom. The van der Waals surface area contributed by atoms with Gasteiger partial charge in [0.25, 0.3) is 0 Å². The molecular weight excluding hydrogens is 390 g/mol. The van der Waals surface area contributed by atoms with Crippen molar-refractivity contribution in [1.82, 2.24) is 4.72 Å². The van der Waals surface area contributed by atoms with E-state index in [1.807, 2.05) is 69.3 Å². The van der Waals surface area contributed by atoms with Crippen LogP contribution in [-0.4, -0.2) is 14.5 Å². The van der Waals surface area contributed by atoms with E-state index in [1.165, 1.54) is 0 Å². The number of sulfonamides is 1. The van der Waals surface area contributed by atoms with Gasteiger partial charge in [0.2, 0.25) is 10.0 Å². The lowest BCUT2D eigenvalue weighted by atomic mass is 10.1. The zero-order chi connectivity index (χ0) is 21.6. The number of hydrogen-bond acceptors (Lipinski definition) is 2. The molecule has 0 aliphatic rings. The third-order valence-corrected chi connectivity index (χ3v) is 5.80. The van der Waals surface area contributed by atoms with E-state index in [4.69, 9.17) is 0 Å². The average molecular weight is 414 g/mol. The second-order valence-electron chi connectivity index (χ2n) is 7.14. The molecule has 0 unspecified atom stereocenters. The van der Waals surface area contributed by atoms with E-state index in [2.05, 4.69) is 28.4 Å². The lowest BCUT2D eigenvalue weighted by Crippen LogP contribution is -2.32. The van der Waals surface area contributed by atoms with Crippen LogP contribution < -0.4 is 4.72 Å². The molecule has 0 atom stereocenters. The Kier molecular flexibility index (Phi) is 6.75. The van der Waals surface area contributed by atoms with Gasteiger partial charge < -0.3 is 0 Å². The quantitative estimate of drug-likeness (QED) is 0.649. The van der Waals surface area contributed by atoms with Crippen molar-refractivity contribution in [3.8, 4) is 23.7 Å². The molecule has 4 heteroatoms. The van der Waals surface area contributed by atoms with Gasteiger partial charge in [-0.3, -0.25) is 0 Å². The van der Waals surface area contributed by atoms with Crippen LogP contribution in [0.25, 0.3) is 0 Å². The van der Waals surface area contributed by atoms with Gasteiger partial charge in [-0.05, 0) is 68.3 Å². The van der Waals surface area contributed by atoms with Crippen LogP contribution in [-0.2, 0) is 10.0 Å². The summed E-state index contributed by atoms with van der Waals surface area (Å²) in [5.74, 6) is 12.0. The first-order valence-corrected chi connectivity index (χ1v) is 11.1. The highest BCUT2D eigenvalue weighted by atomic mass is 32.2. The third-order valence-electron chi connectivity index (χ3n) is 4.36. The summed E-state index contributed by atoms with van der Waals surface area (Å²) in [4.78, 5) is 0.188. The minimum absolute atomic E-state index is 0.188. The summed E-state index contributed by atoms with van der Waals surface area (Å²) in [6.45, 7) is 5.88. The number of nitrogens with one attached hydrogen (secondary N) is 1. The Hall–Kier alpha value is -3.31. The summed E-state index contributed by atoms with van der Waals surface area (Å²) >= 11 is 0. The van der Waals surface area contributed by atoms with Crippen molar-refractivity contribution in [2.24, 2.45) is 0 Å². The zero-order valence-corrected chi connectivity index (χ0v) is 18.0. The van der Waals surface area contributed by atoms with E-state index in [9.17, 15) is 8.42 Å². The molecule has 0 spiro atoms. The molecule has 0 saturated carbocycles. The maximum atomic E-state index is 12.8. The van der Waals surface area contributed by atoms with Gasteiger partial charge in [0.1, 0.15) is 6.04 Å². The smallest absolute Gasteiger partial charge is 0.207 e. The maximum Gasteiger partial charge on any atom is 0.242 e. The van der Waals surface area contributed by atoms with Crippen molar-refractivity contribution >= 4 is 10.0 Å². The molecule has 0 bridgehead atoms. The van der Waals surface area contributed by atoms with Crippen LogP contribution in [0.4, 0.5) is 0 Å². The van der Waals surface area contributed by atoms with E-state index >= 15 is 0 Å². The molecule has 0 saturated heterocycles. The monoisotopic (exact) mass is 413 g/mol. The molecule has 30 heavy (non-hydrogen) atoms. The predicted molar refractivity (Wildman–Crippen MR) is 121 cm³/mol.